The van der Waals surface area contributed by atoms with Gasteiger partial charge in [0.25, 0.3) is 11.8 Å². The number of carbonyl (C=O) groups is 11. The molecule has 2 bridgehead atoms. The van der Waals surface area contributed by atoms with E-state index >= 15 is 0 Å². The van der Waals surface area contributed by atoms with E-state index in [0.29, 0.717) is 46.1 Å². The molecule has 6 aliphatic heterocycles. The Balaban J connectivity index is 0.728. The first-order chi connectivity index (χ1) is 61.9. The summed E-state index contributed by atoms with van der Waals surface area (Å²) >= 11 is 2.80. The Hall–Kier alpha value is -8.53. The zero-order valence-corrected chi connectivity index (χ0v) is 79.0. The second-order valence-electron chi connectivity index (χ2n) is 32.6. The fourth-order valence-electron chi connectivity index (χ4n) is 15.1. The SMILES string of the molecule is COC(=O)NC1=C2/C(=C\CSSC(C)(C)CCC(=O)NCCNC(=O)OCc3ccc(NC(=O)[C@H](C)NC(=O)[C@@H](NC(=O)CCCCCN4C(=O)C=CC4=O)C(C)C)cc3)[C@](O)(C#C/C=C\C#C[C@@H]2OC2OC(C)C(NOC3CC(O)C(SC(=O)c4c(C)c(I)c(OC5OC6OC6C(OC)C5O)c(OC)c4OC)C(C)O3)C(O)C2OC2CC(OC)C(NC(C)=O)CO2)CC1=O. The van der Waals surface area contributed by atoms with Crippen molar-refractivity contribution in [3.63, 3.8) is 0 Å². The molecule has 0 saturated carbocycles. The third-order valence-corrected chi connectivity index (χ3v) is 28.1. The number of aliphatic hydroxyl groups excluding tert-OH is 3. The topological polar surface area (TPSA) is 510 Å². The van der Waals surface area contributed by atoms with Gasteiger partial charge in [-0.15, -0.1) is 0 Å². The largest absolute Gasteiger partial charge is 0.492 e. The molecule has 0 radical (unpaired) electrons. The van der Waals surface area contributed by atoms with Crippen LogP contribution in [0.4, 0.5) is 15.3 Å². The van der Waals surface area contributed by atoms with E-state index in [1.807, 2.05) is 36.4 Å². The molecule has 39 nitrogen and oxygen atoms in total. The van der Waals surface area contributed by atoms with Gasteiger partial charge in [-0.3, -0.25) is 58.2 Å². The molecule has 712 valence electrons. The first-order valence-corrected chi connectivity index (χ1v) is 46.6. The maximum Gasteiger partial charge on any atom is 0.411 e. The van der Waals surface area contributed by atoms with Gasteiger partial charge < -0.3 is 119 Å². The van der Waals surface area contributed by atoms with Gasteiger partial charge in [-0.1, -0.05) is 95.5 Å². The van der Waals surface area contributed by atoms with Crippen LogP contribution in [-0.4, -0.2) is 290 Å². The molecule has 9 amide bonds. The number of allylic oxidation sites excluding steroid dienone is 3. The Morgan fingerprint density at radius 1 is 0.769 bits per heavy atom. The number of amides is 9. The maximum absolute atomic E-state index is 14.6. The van der Waals surface area contributed by atoms with Crippen LogP contribution in [0.15, 0.2) is 71.5 Å². The minimum atomic E-state index is -2.25. The van der Waals surface area contributed by atoms with E-state index in [-0.39, 0.29) is 139 Å². The molecule has 0 aromatic heterocycles. The summed E-state index contributed by atoms with van der Waals surface area (Å²) in [6.45, 7) is 15.2. The van der Waals surface area contributed by atoms with Crippen molar-refractivity contribution in [2.24, 2.45) is 5.92 Å². The van der Waals surface area contributed by atoms with Crippen LogP contribution in [0.2, 0.25) is 0 Å². The number of alkyl carbamates (subject to hydrolysis) is 2. The Morgan fingerprint density at radius 3 is 2.16 bits per heavy atom. The number of hydroxylamine groups is 1. The van der Waals surface area contributed by atoms with Gasteiger partial charge in [0.2, 0.25) is 46.7 Å². The molecule has 5 saturated heterocycles. The first kappa shape index (κ1) is 104. The maximum atomic E-state index is 14.6. The Morgan fingerprint density at radius 2 is 1.48 bits per heavy atom. The van der Waals surface area contributed by atoms with Crippen LogP contribution in [0, 0.1) is 40.1 Å². The number of ether oxygens (including phenoxy) is 14. The van der Waals surface area contributed by atoms with Crippen LogP contribution < -0.4 is 56.9 Å². The van der Waals surface area contributed by atoms with Crippen molar-refractivity contribution in [2.75, 3.05) is 72.9 Å². The minimum absolute atomic E-state index is 0.00359. The van der Waals surface area contributed by atoms with E-state index in [2.05, 4.69) is 66.4 Å². The van der Waals surface area contributed by atoms with E-state index < -0.39 is 174 Å². The monoisotopic (exact) mass is 1990 g/mol. The highest BCUT2D eigenvalue weighted by Crippen LogP contribution is 2.50. The van der Waals surface area contributed by atoms with Crippen LogP contribution >= 0.6 is 55.9 Å². The molecule has 5 fully saturated rings. The molecule has 130 heavy (non-hydrogen) atoms. The van der Waals surface area contributed by atoms with E-state index in [1.165, 1.54) is 88.2 Å². The van der Waals surface area contributed by atoms with E-state index in [9.17, 15) is 73.2 Å². The van der Waals surface area contributed by atoms with Crippen molar-refractivity contribution in [1.82, 2.24) is 42.3 Å². The quantitative estimate of drug-likeness (QED) is 0.00848. The number of methoxy groups -OCH3 is 5. The number of Topliss-reactive ketones (excluding diaryl/α,β-unsaturated/α-hetero) is 1. The number of fused-ring (bicyclic) bond motifs is 3. The molecule has 21 atom stereocenters. The summed E-state index contributed by atoms with van der Waals surface area (Å²) in [6, 6.07) is 2.72. The number of thioether (sulfide) groups is 1. The predicted octanol–water partition coefficient (Wildman–Crippen LogP) is 4.09. The third kappa shape index (κ3) is 27.4. The summed E-state index contributed by atoms with van der Waals surface area (Å²) < 4.78 is 83.3. The lowest BCUT2D eigenvalue weighted by Crippen LogP contribution is -2.65. The number of epoxide rings is 1. The fourth-order valence-corrected chi connectivity index (χ4v) is 19.3. The number of ketones is 1. The summed E-state index contributed by atoms with van der Waals surface area (Å²) in [6.07, 6.45) is -10.9. The number of anilines is 1. The molecule has 8 aliphatic rings. The van der Waals surface area contributed by atoms with Gasteiger partial charge in [0.15, 0.2) is 48.0 Å². The average Bonchev–Trinajstić information content (AvgIpc) is 1.38. The standard InChI is InChI=1S/C87H114IN9O30S3/c1-43(2)66(94-58(102)23-19-17-21-36-97-59(103)28-29-60(97)104)79(108)91-45(4)78(107)93-50-26-24-49(25-27-50)41-119-84(110)90-35-34-89-57(101)30-33-86(8,9)130-128-37-31-51-64-55(22-18-15-16-20-32-87(51,112)40-54(100)68(64)95-85(111)117-14)122-82-74(123-61-39-56(113-10)52(42-118-61)92-48(7)98)69(105)67(46(5)121-82)96-127-62-38-53(99)77(47(6)120-62)129-80(109)63-44(3)65(88)72(75(116-13)71(63)114-11)124-81-70(106)73(115-12)76-83(125-76)126-81/h15-16,24-29,31,43,45-47,52-53,55-56,61-62,66-67,69-70,73-74,76-77,81-83,96,99,105-106,112H,17,19,21,23,30,33-42H2,1-14H3,(H,89,101)(H,90,110)(H,91,108)(H,92,98)(H,93,107)(H,94,102)(H,95,111)/b16-15-,51-31+/t45-,46?,47?,52?,53?,55-,56?,61?,62?,66-,67?,69?,70?,73?,74?,76?,77?,81?,82?,83?,87-/m0/s1. The van der Waals surface area contributed by atoms with Gasteiger partial charge in [-0.05, 0) is 125 Å². The highest BCUT2D eigenvalue weighted by atomic mass is 127. The molecule has 6 heterocycles. The number of aliphatic hydroxyl groups is 4. The summed E-state index contributed by atoms with van der Waals surface area (Å²) in [7, 11) is 9.43. The van der Waals surface area contributed by atoms with Crippen molar-refractivity contribution in [3.05, 3.63) is 91.7 Å². The van der Waals surface area contributed by atoms with Crippen molar-refractivity contribution >= 4 is 126 Å². The number of nitrogens with one attached hydrogen (secondary N) is 8. The van der Waals surface area contributed by atoms with Crippen LogP contribution in [0.5, 0.6) is 17.2 Å². The molecule has 2 aromatic rings. The molecule has 17 unspecified atom stereocenters. The van der Waals surface area contributed by atoms with Crippen molar-refractivity contribution in [1.29, 1.82) is 0 Å². The van der Waals surface area contributed by atoms with Crippen LogP contribution in [0.1, 0.15) is 135 Å². The lowest BCUT2D eigenvalue weighted by Gasteiger charge is -2.46. The van der Waals surface area contributed by atoms with Crippen molar-refractivity contribution in [2.45, 2.75) is 259 Å². The van der Waals surface area contributed by atoms with Gasteiger partial charge >= 0.3 is 12.2 Å². The molecular formula is C87H114IN9O30S3. The zero-order valence-electron chi connectivity index (χ0n) is 74.4. The summed E-state index contributed by atoms with van der Waals surface area (Å²) in [5, 5.41) is 66.0. The predicted molar refractivity (Wildman–Crippen MR) is 478 cm³/mol. The van der Waals surface area contributed by atoms with E-state index in [1.54, 1.807) is 65.0 Å². The van der Waals surface area contributed by atoms with E-state index in [0.717, 1.165) is 23.8 Å². The highest BCUT2D eigenvalue weighted by Gasteiger charge is 2.59. The number of carbonyl (C=O) groups excluding carboxylic acids is 11. The van der Waals surface area contributed by atoms with Gasteiger partial charge in [-0.25, -0.2) is 9.59 Å². The highest BCUT2D eigenvalue weighted by molar-refractivity contribution is 14.1. The number of hydrogen-bond acceptors (Lipinski definition) is 34. The smallest absolute Gasteiger partial charge is 0.411 e. The van der Waals surface area contributed by atoms with Crippen molar-refractivity contribution < 1.29 is 144 Å². The molecule has 12 N–H and O–H groups in total. The number of rotatable bonds is 41. The van der Waals surface area contributed by atoms with Crippen LogP contribution in [0.3, 0.4) is 0 Å². The normalized spacial score (nSPS) is 28.5. The Labute approximate surface area is 778 Å². The zero-order chi connectivity index (χ0) is 94.6. The summed E-state index contributed by atoms with van der Waals surface area (Å²) in [4.78, 5) is 151. The van der Waals surface area contributed by atoms with Crippen LogP contribution in [0.25, 0.3) is 0 Å². The molecule has 0 spiro atoms. The molecular weight excluding hydrogens is 1870 g/mol. The number of imide groups is 1. The summed E-state index contributed by atoms with van der Waals surface area (Å²) in [5.41, 5.74) is 1.63. The van der Waals surface area contributed by atoms with Gasteiger partial charge in [0, 0.05) is 106 Å². The number of benzene rings is 2. The molecule has 2 aliphatic carbocycles. The summed E-state index contributed by atoms with van der Waals surface area (Å²) in [5.74, 6) is 7.82. The van der Waals surface area contributed by atoms with Gasteiger partial charge in [-0.2, -0.15) is 5.48 Å². The number of nitrogens with zero attached hydrogens (tertiary/aromatic N) is 1. The molecule has 10 rings (SSSR count). The third-order valence-electron chi connectivity index (χ3n) is 22.2. The average molecular weight is 1990 g/mol. The fraction of sp³-hybridized carbons (Fsp3) is 0.598. The Kier molecular flexibility index (Phi) is 38.2. The molecule has 2 aromatic carbocycles. The lowest BCUT2D eigenvalue weighted by atomic mass is 9.75. The number of hydrogen-bond donors (Lipinski definition) is 12. The van der Waals surface area contributed by atoms with Gasteiger partial charge in [0.05, 0.1) is 90.9 Å². The van der Waals surface area contributed by atoms with E-state index in [4.69, 9.17) is 71.2 Å². The number of unbranched alkanes of at least 4 members (excludes halogenated alkanes) is 2. The second kappa shape index (κ2) is 47.9. The van der Waals surface area contributed by atoms with Crippen LogP contribution in [-0.2, 0) is 102 Å². The number of halogens is 1. The second-order valence-corrected chi connectivity index (χ2v) is 37.9. The van der Waals surface area contributed by atoms with Crippen molar-refractivity contribution in [3.8, 4) is 40.9 Å². The Bertz CT molecular complexity index is 4680. The van der Waals surface area contributed by atoms with Gasteiger partial charge in [0.1, 0.15) is 55.3 Å². The lowest BCUT2D eigenvalue weighted by molar-refractivity contribution is -0.336. The first-order valence-electron chi connectivity index (χ1n) is 42.3. The minimum Gasteiger partial charge on any atom is -0.492 e. The molecule has 43 heteroatoms.